The summed E-state index contributed by atoms with van der Waals surface area (Å²) < 4.78 is 0. The molecule has 2 aromatic heterocycles. The van der Waals surface area contributed by atoms with Gasteiger partial charge in [-0.1, -0.05) is 19.4 Å². The summed E-state index contributed by atoms with van der Waals surface area (Å²) in [5.41, 5.74) is 1.60. The lowest BCUT2D eigenvalue weighted by Crippen LogP contribution is -2.31. The first-order valence-corrected chi connectivity index (χ1v) is 8.28. The summed E-state index contributed by atoms with van der Waals surface area (Å²) in [4.78, 5) is 27.5. The van der Waals surface area contributed by atoms with E-state index >= 15 is 0 Å². The van der Waals surface area contributed by atoms with Crippen LogP contribution in [0.15, 0.2) is 36.9 Å². The third-order valence-electron chi connectivity index (χ3n) is 4.03. The number of hydrogen-bond acceptors (Lipinski definition) is 4. The second-order valence-electron chi connectivity index (χ2n) is 6.05. The number of unbranched alkanes of at least 4 members (excludes halogenated alkanes) is 1. The van der Waals surface area contributed by atoms with Crippen LogP contribution in [0.25, 0.3) is 0 Å². The Kier molecular flexibility index (Phi) is 4.95. The lowest BCUT2D eigenvalue weighted by molar-refractivity contribution is 0.0739. The molecule has 0 aromatic carbocycles. The van der Waals surface area contributed by atoms with Gasteiger partial charge in [0.05, 0.1) is 5.56 Å². The predicted molar refractivity (Wildman–Crippen MR) is 87.9 cm³/mol. The molecule has 1 aliphatic carbocycles. The van der Waals surface area contributed by atoms with Gasteiger partial charge in [-0.2, -0.15) is 0 Å². The third kappa shape index (κ3) is 4.12. The zero-order chi connectivity index (χ0) is 16.1. The largest absolute Gasteiger partial charge is 0.334 e. The quantitative estimate of drug-likeness (QED) is 0.788. The van der Waals surface area contributed by atoms with Crippen LogP contribution in [0.5, 0.6) is 0 Å². The van der Waals surface area contributed by atoms with Crippen molar-refractivity contribution in [2.75, 3.05) is 6.54 Å². The molecule has 0 saturated heterocycles. The van der Waals surface area contributed by atoms with E-state index in [0.717, 1.165) is 43.6 Å². The highest BCUT2D eigenvalue weighted by Gasteiger charge is 2.26. The van der Waals surface area contributed by atoms with Gasteiger partial charge in [-0.15, -0.1) is 0 Å². The molecule has 5 heteroatoms. The first-order valence-electron chi connectivity index (χ1n) is 8.28. The molecule has 0 aliphatic heterocycles. The fourth-order valence-corrected chi connectivity index (χ4v) is 2.50. The maximum atomic E-state index is 12.8. The van der Waals surface area contributed by atoms with Crippen LogP contribution >= 0.6 is 0 Å². The Hall–Kier alpha value is -2.30. The molecule has 120 valence electrons. The maximum Gasteiger partial charge on any atom is 0.257 e. The Labute approximate surface area is 136 Å². The first-order chi connectivity index (χ1) is 11.3. The molecule has 0 atom stereocenters. The van der Waals surface area contributed by atoms with E-state index in [1.165, 1.54) is 0 Å². The highest BCUT2D eigenvalue weighted by Crippen LogP contribution is 2.37. The Morgan fingerprint density at radius 3 is 2.65 bits per heavy atom. The van der Waals surface area contributed by atoms with Gasteiger partial charge in [-0.3, -0.25) is 9.78 Å². The monoisotopic (exact) mass is 310 g/mol. The number of carbonyl (C=O) groups is 1. The van der Waals surface area contributed by atoms with Crippen molar-refractivity contribution in [2.45, 2.75) is 45.1 Å². The SMILES string of the molecule is CCCCN(Cc1cccnc1)C(=O)c1cnc(C2CC2)nc1. The van der Waals surface area contributed by atoms with Gasteiger partial charge >= 0.3 is 0 Å². The number of aromatic nitrogens is 3. The van der Waals surface area contributed by atoms with Crippen LogP contribution in [0.4, 0.5) is 0 Å². The number of nitrogens with zero attached hydrogens (tertiary/aromatic N) is 4. The van der Waals surface area contributed by atoms with Crippen molar-refractivity contribution >= 4 is 5.91 Å². The van der Waals surface area contributed by atoms with E-state index in [-0.39, 0.29) is 5.91 Å². The Balaban J connectivity index is 1.73. The average Bonchev–Trinajstić information content (AvgIpc) is 3.44. The van der Waals surface area contributed by atoms with Crippen molar-refractivity contribution in [3.05, 3.63) is 53.9 Å². The smallest absolute Gasteiger partial charge is 0.257 e. The molecule has 1 amide bonds. The number of pyridine rings is 1. The van der Waals surface area contributed by atoms with E-state index in [1.807, 2.05) is 17.0 Å². The van der Waals surface area contributed by atoms with Gasteiger partial charge in [0.1, 0.15) is 5.82 Å². The fourth-order valence-electron chi connectivity index (χ4n) is 2.50. The van der Waals surface area contributed by atoms with Crippen LogP contribution in [0.3, 0.4) is 0 Å². The molecular weight excluding hydrogens is 288 g/mol. The first kappa shape index (κ1) is 15.6. The second kappa shape index (κ2) is 7.31. The molecule has 5 nitrogen and oxygen atoms in total. The summed E-state index contributed by atoms with van der Waals surface area (Å²) >= 11 is 0. The molecule has 1 saturated carbocycles. The topological polar surface area (TPSA) is 59.0 Å². The molecule has 0 unspecified atom stereocenters. The van der Waals surface area contributed by atoms with Crippen molar-refractivity contribution in [1.82, 2.24) is 19.9 Å². The molecule has 1 fully saturated rings. The van der Waals surface area contributed by atoms with E-state index in [0.29, 0.717) is 18.0 Å². The van der Waals surface area contributed by atoms with Gasteiger partial charge in [0.2, 0.25) is 0 Å². The van der Waals surface area contributed by atoms with E-state index in [2.05, 4.69) is 21.9 Å². The highest BCUT2D eigenvalue weighted by atomic mass is 16.2. The molecule has 0 bridgehead atoms. The van der Waals surface area contributed by atoms with Crippen LogP contribution in [-0.4, -0.2) is 32.3 Å². The minimum atomic E-state index is -0.00958. The molecule has 0 spiro atoms. The molecule has 2 heterocycles. The highest BCUT2D eigenvalue weighted by molar-refractivity contribution is 5.93. The van der Waals surface area contributed by atoms with Gasteiger partial charge in [-0.25, -0.2) is 9.97 Å². The number of carbonyl (C=O) groups excluding carboxylic acids is 1. The Morgan fingerprint density at radius 2 is 2.04 bits per heavy atom. The van der Waals surface area contributed by atoms with E-state index < -0.39 is 0 Å². The summed E-state index contributed by atoms with van der Waals surface area (Å²) in [6.07, 6.45) is 11.2. The standard InChI is InChI=1S/C18H22N4O/c1-2-3-9-22(13-14-5-4-8-19-10-14)18(23)16-11-20-17(21-12-16)15-6-7-15/h4-5,8,10-12,15H,2-3,6-7,9,13H2,1H3. The molecule has 0 radical (unpaired) electrons. The molecule has 3 rings (SSSR count). The minimum absolute atomic E-state index is 0.00958. The Bertz CT molecular complexity index is 638. The summed E-state index contributed by atoms with van der Waals surface area (Å²) in [7, 11) is 0. The van der Waals surface area contributed by atoms with Crippen LogP contribution < -0.4 is 0 Å². The molecular formula is C18H22N4O. The number of amides is 1. The minimum Gasteiger partial charge on any atom is -0.334 e. The molecule has 23 heavy (non-hydrogen) atoms. The molecule has 2 aromatic rings. The lowest BCUT2D eigenvalue weighted by Gasteiger charge is -2.22. The lowest BCUT2D eigenvalue weighted by atomic mass is 10.2. The van der Waals surface area contributed by atoms with E-state index in [9.17, 15) is 4.79 Å². The Morgan fingerprint density at radius 1 is 1.26 bits per heavy atom. The van der Waals surface area contributed by atoms with E-state index in [4.69, 9.17) is 0 Å². The zero-order valence-electron chi connectivity index (χ0n) is 13.5. The van der Waals surface area contributed by atoms with Crippen molar-refractivity contribution in [1.29, 1.82) is 0 Å². The van der Waals surface area contributed by atoms with Crippen molar-refractivity contribution < 1.29 is 4.79 Å². The summed E-state index contributed by atoms with van der Waals surface area (Å²) in [5, 5.41) is 0. The average molecular weight is 310 g/mol. The predicted octanol–water partition coefficient (Wildman–Crippen LogP) is 3.19. The maximum absolute atomic E-state index is 12.8. The van der Waals surface area contributed by atoms with Gasteiger partial charge in [-0.05, 0) is 30.9 Å². The normalized spacial score (nSPS) is 13.8. The zero-order valence-corrected chi connectivity index (χ0v) is 13.5. The van der Waals surface area contributed by atoms with Crippen LogP contribution in [-0.2, 0) is 6.54 Å². The van der Waals surface area contributed by atoms with E-state index in [1.54, 1.807) is 24.8 Å². The van der Waals surface area contributed by atoms with Crippen molar-refractivity contribution in [3.63, 3.8) is 0 Å². The fraction of sp³-hybridized carbons (Fsp3) is 0.444. The van der Waals surface area contributed by atoms with Crippen LogP contribution in [0, 0.1) is 0 Å². The van der Waals surface area contributed by atoms with Crippen molar-refractivity contribution in [3.8, 4) is 0 Å². The van der Waals surface area contributed by atoms with Crippen LogP contribution in [0.2, 0.25) is 0 Å². The summed E-state index contributed by atoms with van der Waals surface area (Å²) in [5.74, 6) is 1.37. The number of rotatable bonds is 7. The summed E-state index contributed by atoms with van der Waals surface area (Å²) in [6, 6.07) is 3.89. The second-order valence-corrected chi connectivity index (χ2v) is 6.05. The van der Waals surface area contributed by atoms with Crippen LogP contribution in [0.1, 0.15) is 60.3 Å². The number of hydrogen-bond donors (Lipinski definition) is 0. The van der Waals surface area contributed by atoms with Crippen molar-refractivity contribution in [2.24, 2.45) is 0 Å². The molecule has 1 aliphatic rings. The van der Waals surface area contributed by atoms with Gasteiger partial charge in [0, 0.05) is 43.8 Å². The van der Waals surface area contributed by atoms with Gasteiger partial charge in [0.15, 0.2) is 0 Å². The van der Waals surface area contributed by atoms with Gasteiger partial charge < -0.3 is 4.90 Å². The summed E-state index contributed by atoms with van der Waals surface area (Å²) in [6.45, 7) is 3.42. The van der Waals surface area contributed by atoms with Gasteiger partial charge in [0.25, 0.3) is 5.91 Å². The molecule has 0 N–H and O–H groups in total. The third-order valence-corrected chi connectivity index (χ3v) is 4.03.